The van der Waals surface area contributed by atoms with Crippen LogP contribution in [-0.2, 0) is 16.4 Å². The summed E-state index contributed by atoms with van der Waals surface area (Å²) in [6, 6.07) is 4.78. The molecule has 1 aromatic carbocycles. The van der Waals surface area contributed by atoms with E-state index >= 15 is 0 Å². The predicted octanol–water partition coefficient (Wildman–Crippen LogP) is 1.33. The molecule has 0 unspecified atom stereocenters. The number of halogens is 1. The van der Waals surface area contributed by atoms with Gasteiger partial charge in [-0.15, -0.1) is 0 Å². The minimum atomic E-state index is -3.21. The highest BCUT2D eigenvalue weighted by atomic mass is 79.9. The maximum Gasteiger partial charge on any atom is 0.175 e. The molecule has 1 aromatic rings. The van der Waals surface area contributed by atoms with Gasteiger partial charge in [0.1, 0.15) is 0 Å². The number of hydroxylamine groups is 1. The van der Waals surface area contributed by atoms with Gasteiger partial charge in [-0.3, -0.25) is 0 Å². The number of hydrogen-bond acceptors (Lipinski definition) is 4. The molecule has 0 atom stereocenters. The minimum absolute atomic E-state index is 0.210. The second kappa shape index (κ2) is 4.39. The van der Waals surface area contributed by atoms with Crippen molar-refractivity contribution in [2.45, 2.75) is 11.4 Å². The quantitative estimate of drug-likeness (QED) is 0.820. The minimum Gasteiger partial charge on any atom is -0.316 e. The lowest BCUT2D eigenvalue weighted by Crippen LogP contribution is -2.07. The second-order valence-electron chi connectivity index (χ2n) is 2.90. The van der Waals surface area contributed by atoms with Gasteiger partial charge in [-0.25, -0.2) is 13.9 Å². The molecule has 4 nitrogen and oxygen atoms in total. The smallest absolute Gasteiger partial charge is 0.175 e. The molecule has 0 aliphatic carbocycles. The number of hydrogen-bond donors (Lipinski definition) is 2. The highest BCUT2D eigenvalue weighted by molar-refractivity contribution is 9.10. The van der Waals surface area contributed by atoms with E-state index in [2.05, 4.69) is 15.9 Å². The zero-order chi connectivity index (χ0) is 10.8. The average Bonchev–Trinajstić information content (AvgIpc) is 2.02. The summed E-state index contributed by atoms with van der Waals surface area (Å²) in [4.78, 5) is 0.233. The molecule has 0 aromatic heterocycles. The molecule has 6 heteroatoms. The molecular weight excluding hydrogens is 270 g/mol. The first kappa shape index (κ1) is 11.6. The molecule has 0 fully saturated rings. The highest BCUT2D eigenvalue weighted by Gasteiger charge is 2.09. The van der Waals surface area contributed by atoms with Gasteiger partial charge in [0.25, 0.3) is 0 Å². The topological polar surface area (TPSA) is 66.4 Å². The fourth-order valence-corrected chi connectivity index (χ4v) is 2.43. The summed E-state index contributed by atoms with van der Waals surface area (Å²) in [6.07, 6.45) is 1.14. The van der Waals surface area contributed by atoms with Gasteiger partial charge in [0.2, 0.25) is 0 Å². The van der Waals surface area contributed by atoms with Crippen LogP contribution in [-0.4, -0.2) is 19.9 Å². The molecule has 0 radical (unpaired) electrons. The van der Waals surface area contributed by atoms with Crippen molar-refractivity contribution in [3.05, 3.63) is 28.2 Å². The zero-order valence-corrected chi connectivity index (χ0v) is 9.89. The van der Waals surface area contributed by atoms with Crippen LogP contribution in [0.25, 0.3) is 0 Å². The van der Waals surface area contributed by atoms with Crippen LogP contribution in [0.5, 0.6) is 0 Å². The summed E-state index contributed by atoms with van der Waals surface area (Å²) in [5.41, 5.74) is 2.67. The van der Waals surface area contributed by atoms with Crippen molar-refractivity contribution < 1.29 is 13.6 Å². The first-order chi connectivity index (χ1) is 6.43. The maximum atomic E-state index is 11.2. The van der Waals surface area contributed by atoms with Crippen LogP contribution in [0.15, 0.2) is 27.6 Å². The van der Waals surface area contributed by atoms with Crippen molar-refractivity contribution >= 4 is 25.8 Å². The van der Waals surface area contributed by atoms with Gasteiger partial charge in [0.15, 0.2) is 9.84 Å². The van der Waals surface area contributed by atoms with E-state index in [0.717, 1.165) is 6.26 Å². The fraction of sp³-hybridized carbons (Fsp3) is 0.250. The maximum absolute atomic E-state index is 11.2. The average molecular weight is 280 g/mol. The molecule has 0 aliphatic heterocycles. The highest BCUT2D eigenvalue weighted by Crippen LogP contribution is 2.19. The Labute approximate surface area is 91.0 Å². The third-order valence-corrected chi connectivity index (χ3v) is 3.19. The molecule has 0 amide bonds. The van der Waals surface area contributed by atoms with Gasteiger partial charge in [-0.1, -0.05) is 15.9 Å². The lowest BCUT2D eigenvalue weighted by atomic mass is 10.2. The predicted molar refractivity (Wildman–Crippen MR) is 55.9 cm³/mol. The fourth-order valence-electron chi connectivity index (χ4n) is 1.03. The Hall–Kier alpha value is -0.430. The Morgan fingerprint density at radius 1 is 1.43 bits per heavy atom. The van der Waals surface area contributed by atoms with Gasteiger partial charge in [0, 0.05) is 17.3 Å². The monoisotopic (exact) mass is 279 g/mol. The molecular formula is C8H10BrNO3S. The SMILES string of the molecule is CS(=O)(=O)c1cc(Br)cc(CNO)c1. The van der Waals surface area contributed by atoms with Crippen molar-refractivity contribution in [3.8, 4) is 0 Å². The molecule has 0 heterocycles. The van der Waals surface area contributed by atoms with Gasteiger partial charge >= 0.3 is 0 Å². The van der Waals surface area contributed by atoms with Crippen LogP contribution in [0, 0.1) is 0 Å². The second-order valence-corrected chi connectivity index (χ2v) is 5.83. The lowest BCUT2D eigenvalue weighted by molar-refractivity contribution is 0.161. The summed E-state index contributed by atoms with van der Waals surface area (Å²) in [6.45, 7) is 0.210. The van der Waals surface area contributed by atoms with Crippen LogP contribution in [0.4, 0.5) is 0 Å². The molecule has 78 valence electrons. The molecule has 0 saturated carbocycles. The summed E-state index contributed by atoms with van der Waals surface area (Å²) >= 11 is 3.20. The van der Waals surface area contributed by atoms with Crippen LogP contribution >= 0.6 is 15.9 Å². The Kier molecular flexibility index (Phi) is 3.65. The lowest BCUT2D eigenvalue weighted by Gasteiger charge is -2.04. The van der Waals surface area contributed by atoms with Crippen LogP contribution < -0.4 is 5.48 Å². The molecule has 1 rings (SSSR count). The van der Waals surface area contributed by atoms with Gasteiger partial charge in [-0.05, 0) is 23.8 Å². The standard InChI is InChI=1S/C8H10BrNO3S/c1-14(12,13)8-3-6(5-10-11)2-7(9)4-8/h2-4,10-11H,5H2,1H3. The van der Waals surface area contributed by atoms with E-state index in [1.807, 2.05) is 5.48 Å². The molecule has 0 saturated heterocycles. The van der Waals surface area contributed by atoms with E-state index in [0.29, 0.717) is 10.0 Å². The first-order valence-electron chi connectivity index (χ1n) is 3.80. The van der Waals surface area contributed by atoms with Gasteiger partial charge in [-0.2, -0.15) is 0 Å². The van der Waals surface area contributed by atoms with E-state index in [9.17, 15) is 8.42 Å². The van der Waals surface area contributed by atoms with E-state index in [1.54, 1.807) is 6.07 Å². The number of benzene rings is 1. The molecule has 2 N–H and O–H groups in total. The van der Waals surface area contributed by atoms with E-state index in [4.69, 9.17) is 5.21 Å². The zero-order valence-electron chi connectivity index (χ0n) is 7.49. The molecule has 0 bridgehead atoms. The van der Waals surface area contributed by atoms with Crippen molar-refractivity contribution in [2.75, 3.05) is 6.26 Å². The summed E-state index contributed by atoms with van der Waals surface area (Å²) < 4.78 is 23.1. The third-order valence-electron chi connectivity index (χ3n) is 1.64. The van der Waals surface area contributed by atoms with Crippen LogP contribution in [0.2, 0.25) is 0 Å². The Bertz CT molecular complexity index is 430. The van der Waals surface area contributed by atoms with Crippen molar-refractivity contribution in [1.82, 2.24) is 5.48 Å². The first-order valence-corrected chi connectivity index (χ1v) is 6.48. The van der Waals surface area contributed by atoms with E-state index in [-0.39, 0.29) is 11.4 Å². The molecule has 0 spiro atoms. The van der Waals surface area contributed by atoms with Crippen LogP contribution in [0.1, 0.15) is 5.56 Å². The number of sulfone groups is 1. The summed E-state index contributed by atoms with van der Waals surface area (Å²) in [5.74, 6) is 0. The number of rotatable bonds is 3. The van der Waals surface area contributed by atoms with E-state index in [1.165, 1.54) is 12.1 Å². The summed E-state index contributed by atoms with van der Waals surface area (Å²) in [5, 5.41) is 8.49. The summed E-state index contributed by atoms with van der Waals surface area (Å²) in [7, 11) is -3.21. The van der Waals surface area contributed by atoms with Crippen molar-refractivity contribution in [3.63, 3.8) is 0 Å². The van der Waals surface area contributed by atoms with Gasteiger partial charge < -0.3 is 5.21 Å². The largest absolute Gasteiger partial charge is 0.316 e. The normalized spacial score (nSPS) is 11.6. The third kappa shape index (κ3) is 3.06. The van der Waals surface area contributed by atoms with Crippen molar-refractivity contribution in [2.24, 2.45) is 0 Å². The number of nitrogens with one attached hydrogen (secondary N) is 1. The molecule has 14 heavy (non-hydrogen) atoms. The van der Waals surface area contributed by atoms with Crippen molar-refractivity contribution in [1.29, 1.82) is 0 Å². The van der Waals surface area contributed by atoms with Gasteiger partial charge in [0.05, 0.1) is 4.90 Å². The Morgan fingerprint density at radius 3 is 2.57 bits per heavy atom. The Balaban J connectivity index is 3.21. The van der Waals surface area contributed by atoms with E-state index < -0.39 is 9.84 Å². The molecule has 0 aliphatic rings. The Morgan fingerprint density at radius 2 is 2.07 bits per heavy atom. The van der Waals surface area contributed by atoms with Crippen LogP contribution in [0.3, 0.4) is 0 Å².